The first kappa shape index (κ1) is 19.2. The van der Waals surface area contributed by atoms with Crippen LogP contribution in [-0.4, -0.2) is 37.2 Å². The van der Waals surface area contributed by atoms with Gasteiger partial charge in [0, 0.05) is 24.4 Å². The predicted molar refractivity (Wildman–Crippen MR) is 106 cm³/mol. The van der Waals surface area contributed by atoms with Crippen molar-refractivity contribution in [2.75, 3.05) is 26.2 Å². The molecule has 0 atom stereocenters. The minimum atomic E-state index is 0.597. The Morgan fingerprint density at radius 3 is 2.68 bits per heavy atom. The second kappa shape index (κ2) is 10.7. The number of nitrogens with one attached hydrogen (secondary N) is 2. The Bertz CT molecular complexity index is 655. The molecule has 136 valence electrons. The quantitative estimate of drug-likeness (QED) is 0.410. The maximum atomic E-state index is 5.68. The van der Waals surface area contributed by atoms with Crippen molar-refractivity contribution in [1.82, 2.24) is 15.6 Å². The highest BCUT2D eigenvalue weighted by molar-refractivity contribution is 7.11. The Morgan fingerprint density at radius 2 is 2.00 bits per heavy atom. The molecule has 2 aromatic rings. The van der Waals surface area contributed by atoms with Gasteiger partial charge in [0.1, 0.15) is 12.4 Å². The van der Waals surface area contributed by atoms with E-state index in [-0.39, 0.29) is 0 Å². The molecule has 6 heteroatoms. The number of aliphatic imine (C=N–C) groups is 1. The van der Waals surface area contributed by atoms with E-state index in [9.17, 15) is 0 Å². The average molecular weight is 361 g/mol. The fourth-order valence-corrected chi connectivity index (χ4v) is 3.39. The zero-order valence-electron chi connectivity index (χ0n) is 15.3. The summed E-state index contributed by atoms with van der Waals surface area (Å²) in [6.45, 7) is 9.22. The number of hydrogen-bond acceptors (Lipinski definition) is 4. The van der Waals surface area contributed by atoms with Gasteiger partial charge in [-0.05, 0) is 32.4 Å². The Labute approximate surface area is 154 Å². The molecule has 0 saturated carbocycles. The van der Waals surface area contributed by atoms with Crippen LogP contribution in [0, 0.1) is 6.92 Å². The van der Waals surface area contributed by atoms with Gasteiger partial charge < -0.3 is 15.4 Å². The summed E-state index contributed by atoms with van der Waals surface area (Å²) in [7, 11) is 0. The second-order valence-corrected chi connectivity index (χ2v) is 6.85. The van der Waals surface area contributed by atoms with Gasteiger partial charge in [-0.15, -0.1) is 11.3 Å². The zero-order chi connectivity index (χ0) is 17.9. The van der Waals surface area contributed by atoms with Crippen molar-refractivity contribution in [3.8, 4) is 5.75 Å². The molecule has 0 radical (unpaired) electrons. The van der Waals surface area contributed by atoms with E-state index in [1.807, 2.05) is 30.3 Å². The third-order valence-electron chi connectivity index (χ3n) is 3.62. The summed E-state index contributed by atoms with van der Waals surface area (Å²) in [6.07, 6.45) is 1.87. The smallest absolute Gasteiger partial charge is 0.191 e. The summed E-state index contributed by atoms with van der Waals surface area (Å²) < 4.78 is 5.68. The first-order valence-electron chi connectivity index (χ1n) is 8.88. The summed E-state index contributed by atoms with van der Waals surface area (Å²) in [4.78, 5) is 10.6. The van der Waals surface area contributed by atoms with E-state index >= 15 is 0 Å². The lowest BCUT2D eigenvalue weighted by Crippen LogP contribution is -2.39. The largest absolute Gasteiger partial charge is 0.492 e. The van der Waals surface area contributed by atoms with Crippen LogP contribution in [0.3, 0.4) is 0 Å². The number of guanidine groups is 1. The van der Waals surface area contributed by atoms with Crippen molar-refractivity contribution >= 4 is 17.3 Å². The maximum Gasteiger partial charge on any atom is 0.191 e. The highest BCUT2D eigenvalue weighted by Gasteiger charge is 2.05. The number of hydrogen-bond donors (Lipinski definition) is 2. The average Bonchev–Trinajstić information content (AvgIpc) is 2.99. The van der Waals surface area contributed by atoms with Gasteiger partial charge in [0.15, 0.2) is 5.96 Å². The van der Waals surface area contributed by atoms with Gasteiger partial charge in [0.2, 0.25) is 0 Å². The van der Waals surface area contributed by atoms with Crippen LogP contribution >= 0.6 is 11.3 Å². The van der Waals surface area contributed by atoms with Crippen LogP contribution in [0.1, 0.15) is 29.4 Å². The minimum Gasteiger partial charge on any atom is -0.492 e. The van der Waals surface area contributed by atoms with Crippen molar-refractivity contribution in [1.29, 1.82) is 0 Å². The van der Waals surface area contributed by atoms with E-state index in [0.717, 1.165) is 37.6 Å². The molecule has 1 heterocycles. The van der Waals surface area contributed by atoms with E-state index in [1.54, 1.807) is 11.3 Å². The fraction of sp³-hybridized carbons (Fsp3) is 0.474. The number of nitrogens with zero attached hydrogens (tertiary/aromatic N) is 2. The van der Waals surface area contributed by atoms with E-state index in [2.05, 4.69) is 41.4 Å². The van der Waals surface area contributed by atoms with Crippen LogP contribution in [0.15, 0.2) is 35.3 Å². The van der Waals surface area contributed by atoms with Gasteiger partial charge in [-0.25, -0.2) is 4.98 Å². The molecule has 2 N–H and O–H groups in total. The molecule has 1 aromatic carbocycles. The predicted octanol–water partition coefficient (Wildman–Crippen LogP) is 3.19. The first-order chi connectivity index (χ1) is 12.2. The second-order valence-electron chi connectivity index (χ2n) is 5.56. The van der Waals surface area contributed by atoms with Crippen LogP contribution < -0.4 is 15.4 Å². The highest BCUT2D eigenvalue weighted by Crippen LogP contribution is 2.18. The summed E-state index contributed by atoms with van der Waals surface area (Å²) in [5.41, 5.74) is 1.21. The fourth-order valence-electron chi connectivity index (χ4n) is 2.38. The van der Waals surface area contributed by atoms with Crippen molar-refractivity contribution in [3.05, 3.63) is 45.9 Å². The molecule has 2 rings (SSSR count). The number of ether oxygens (including phenoxy) is 1. The van der Waals surface area contributed by atoms with Crippen LogP contribution in [0.5, 0.6) is 5.75 Å². The van der Waals surface area contributed by atoms with Crippen molar-refractivity contribution in [2.45, 2.75) is 33.6 Å². The van der Waals surface area contributed by atoms with Crippen LogP contribution in [0.4, 0.5) is 0 Å². The lowest BCUT2D eigenvalue weighted by atomic mass is 10.3. The summed E-state index contributed by atoms with van der Waals surface area (Å²) in [5, 5.41) is 7.73. The topological polar surface area (TPSA) is 58.5 Å². The van der Waals surface area contributed by atoms with Crippen LogP contribution in [-0.2, 0) is 12.8 Å². The molecule has 0 aliphatic rings. The maximum absolute atomic E-state index is 5.68. The molecular formula is C19H28N4OS. The molecule has 0 bridgehead atoms. The Hall–Kier alpha value is -2.08. The van der Waals surface area contributed by atoms with E-state index in [1.165, 1.54) is 15.6 Å². The molecule has 0 aliphatic heterocycles. The molecular weight excluding hydrogens is 332 g/mol. The van der Waals surface area contributed by atoms with E-state index < -0.39 is 0 Å². The normalized spacial score (nSPS) is 11.4. The van der Waals surface area contributed by atoms with E-state index in [0.29, 0.717) is 13.2 Å². The molecule has 0 aliphatic carbocycles. The Balaban J connectivity index is 1.75. The molecule has 0 fully saturated rings. The number of aryl methyl sites for hydroxylation is 2. The van der Waals surface area contributed by atoms with Crippen LogP contribution in [0.2, 0.25) is 0 Å². The molecule has 25 heavy (non-hydrogen) atoms. The third-order valence-corrected chi connectivity index (χ3v) is 4.69. The Kier molecular flexibility index (Phi) is 8.25. The molecule has 0 saturated heterocycles. The van der Waals surface area contributed by atoms with Gasteiger partial charge in [0.25, 0.3) is 0 Å². The SMILES string of the molecule is CCNC(=NCCc1nc(CC)c(C)s1)NCCOc1ccccc1. The number of benzene rings is 1. The highest BCUT2D eigenvalue weighted by atomic mass is 32.1. The zero-order valence-corrected chi connectivity index (χ0v) is 16.2. The summed E-state index contributed by atoms with van der Waals surface area (Å²) >= 11 is 1.78. The van der Waals surface area contributed by atoms with Gasteiger partial charge in [-0.3, -0.25) is 4.99 Å². The van der Waals surface area contributed by atoms with Crippen molar-refractivity contribution in [3.63, 3.8) is 0 Å². The van der Waals surface area contributed by atoms with E-state index in [4.69, 9.17) is 4.74 Å². The molecule has 0 spiro atoms. The Morgan fingerprint density at radius 1 is 1.20 bits per heavy atom. The molecule has 1 aromatic heterocycles. The monoisotopic (exact) mass is 360 g/mol. The van der Waals surface area contributed by atoms with Gasteiger partial charge in [-0.1, -0.05) is 25.1 Å². The molecule has 5 nitrogen and oxygen atoms in total. The number of aromatic nitrogens is 1. The van der Waals surface area contributed by atoms with Gasteiger partial charge in [-0.2, -0.15) is 0 Å². The standard InChI is InChI=1S/C19H28N4OS/c1-4-17-15(3)25-18(23-17)11-12-21-19(20-5-2)22-13-14-24-16-9-7-6-8-10-16/h6-10H,4-5,11-14H2,1-3H3,(H2,20,21,22). The number of thiazole rings is 1. The number of rotatable bonds is 9. The molecule has 0 unspecified atom stereocenters. The molecule has 0 amide bonds. The summed E-state index contributed by atoms with van der Waals surface area (Å²) in [6, 6.07) is 9.84. The lowest BCUT2D eigenvalue weighted by Gasteiger charge is -2.12. The number of para-hydroxylation sites is 1. The van der Waals surface area contributed by atoms with Crippen LogP contribution in [0.25, 0.3) is 0 Å². The van der Waals surface area contributed by atoms with Crippen molar-refractivity contribution < 1.29 is 4.74 Å². The van der Waals surface area contributed by atoms with Crippen molar-refractivity contribution in [2.24, 2.45) is 4.99 Å². The lowest BCUT2D eigenvalue weighted by molar-refractivity contribution is 0.322. The van der Waals surface area contributed by atoms with Gasteiger partial charge in [0.05, 0.1) is 17.2 Å². The summed E-state index contributed by atoms with van der Waals surface area (Å²) in [5.74, 6) is 1.71. The van der Waals surface area contributed by atoms with Gasteiger partial charge >= 0.3 is 0 Å². The minimum absolute atomic E-state index is 0.597. The third kappa shape index (κ3) is 6.74. The first-order valence-corrected chi connectivity index (χ1v) is 9.69.